The Hall–Kier alpha value is -7.31. The lowest BCUT2D eigenvalue weighted by Gasteiger charge is -2.37. The Balaban J connectivity index is 1.27. The van der Waals surface area contributed by atoms with Gasteiger partial charge in [-0.05, 0) is 170 Å². The van der Waals surface area contributed by atoms with Crippen LogP contribution in [0.5, 0.6) is 0 Å². The van der Waals surface area contributed by atoms with E-state index in [4.69, 9.17) is 14.2 Å². The first-order chi connectivity index (χ1) is 41.4. The second kappa shape index (κ2) is 27.4. The minimum atomic E-state index is -0.968. The number of esters is 1. The van der Waals surface area contributed by atoms with Gasteiger partial charge in [0, 0.05) is 75.8 Å². The lowest BCUT2D eigenvalue weighted by molar-refractivity contribution is -0.143. The maximum absolute atomic E-state index is 15.6. The average molecular weight is 1230 g/mol. The summed E-state index contributed by atoms with van der Waals surface area (Å²) in [6.07, 6.45) is 2.96. The van der Waals surface area contributed by atoms with E-state index in [-0.39, 0.29) is 55.1 Å². The summed E-state index contributed by atoms with van der Waals surface area (Å²) in [5.41, 5.74) is 3.45. The molecule has 2 unspecified atom stereocenters. The van der Waals surface area contributed by atoms with Crippen LogP contribution in [0, 0.1) is 28.4 Å². The third-order valence-electron chi connectivity index (χ3n) is 17.5. The fourth-order valence-electron chi connectivity index (χ4n) is 12.6. The van der Waals surface area contributed by atoms with Crippen molar-refractivity contribution in [1.29, 1.82) is 0 Å². The molecule has 5 amide bonds. The van der Waals surface area contributed by atoms with Crippen molar-refractivity contribution in [2.75, 3.05) is 33.8 Å². The monoisotopic (exact) mass is 1230 g/mol. The van der Waals surface area contributed by atoms with Gasteiger partial charge in [-0.3, -0.25) is 28.9 Å². The number of halogens is 2. The number of likely N-dealkylation sites (tertiary alicyclic amines) is 2. The zero-order chi connectivity index (χ0) is 66.0. The number of hydrogen-bond donors (Lipinski definition) is 1. The molecule has 0 radical (unpaired) electrons. The molecule has 4 heterocycles. The summed E-state index contributed by atoms with van der Waals surface area (Å²) < 4.78 is 51.9. The number of amides is 5. The molecule has 89 heavy (non-hydrogen) atoms. The fourth-order valence-corrected chi connectivity index (χ4v) is 12.6. The van der Waals surface area contributed by atoms with Crippen LogP contribution in [0.1, 0.15) is 160 Å². The fraction of sp³-hybridized carbons (Fsp3) is 0.586. The predicted octanol–water partition coefficient (Wildman–Crippen LogP) is 12.9. The number of aromatic nitrogens is 2. The highest BCUT2D eigenvalue weighted by molar-refractivity contribution is 5.96. The molecule has 0 spiro atoms. The highest BCUT2D eigenvalue weighted by Gasteiger charge is 2.44. The molecule has 17 nitrogen and oxygen atoms in total. The van der Waals surface area contributed by atoms with E-state index in [0.29, 0.717) is 57.3 Å². The second-order valence-electron chi connectivity index (χ2n) is 28.7. The number of rotatable bonds is 20. The van der Waals surface area contributed by atoms with E-state index < -0.39 is 76.0 Å². The SMILES string of the molecule is CCCn1c(-c2ccc(-c3c(C[C@@H]4CCCN4C(=O)C(NC(=O)[C@H](C)N(C)C(=O)OC(C)(C)C)C(C)(C)C)c4ccc(F)cc4n3CCOC(C)=O)cc2)c(C[C@@H]2CCCN2C(=O)C(CC(=O)[C@H](C)N(C)C(=O)OC(C)(C)C)C(C)(C)C)c2ccc(F)cc21. The zero-order valence-electron chi connectivity index (χ0n) is 56.0. The molecule has 0 aliphatic carbocycles. The number of Topliss-reactive ketones (excluding diaryl/α,β-unsaturated/α-hetero) is 1. The van der Waals surface area contributed by atoms with Gasteiger partial charge in [0.15, 0.2) is 5.78 Å². The summed E-state index contributed by atoms with van der Waals surface area (Å²) in [4.78, 5) is 103. The molecule has 2 aromatic heterocycles. The molecule has 0 saturated carbocycles. The van der Waals surface area contributed by atoms with Crippen LogP contribution in [0.4, 0.5) is 18.4 Å². The van der Waals surface area contributed by atoms with E-state index in [2.05, 4.69) is 16.8 Å². The molecule has 3 aromatic carbocycles. The Labute approximate surface area is 525 Å². The number of carbonyl (C=O) groups is 7. The Kier molecular flexibility index (Phi) is 21.3. The van der Waals surface area contributed by atoms with E-state index >= 15 is 18.4 Å². The van der Waals surface area contributed by atoms with Crippen LogP contribution in [-0.2, 0) is 64.1 Å². The molecule has 19 heteroatoms. The minimum absolute atomic E-state index is 0.00219. The number of likely N-dealkylation sites (N-methyl/N-ethyl adjacent to an activating group) is 2. The minimum Gasteiger partial charge on any atom is -0.464 e. The van der Waals surface area contributed by atoms with Gasteiger partial charge in [-0.2, -0.15) is 0 Å². The first-order valence-corrected chi connectivity index (χ1v) is 31.6. The van der Waals surface area contributed by atoms with E-state index in [0.717, 1.165) is 62.8 Å². The summed E-state index contributed by atoms with van der Waals surface area (Å²) in [6.45, 7) is 30.4. The van der Waals surface area contributed by atoms with Gasteiger partial charge >= 0.3 is 18.2 Å². The van der Waals surface area contributed by atoms with Crippen molar-refractivity contribution in [3.05, 3.63) is 83.4 Å². The lowest BCUT2D eigenvalue weighted by atomic mass is 9.76. The Bertz CT molecular complexity index is 3430. The Morgan fingerprint density at radius 1 is 0.618 bits per heavy atom. The maximum atomic E-state index is 15.6. The average Bonchev–Trinajstić information content (AvgIpc) is 1.93. The summed E-state index contributed by atoms with van der Waals surface area (Å²) in [5, 5.41) is 4.62. The number of aryl methyl sites for hydroxylation is 1. The summed E-state index contributed by atoms with van der Waals surface area (Å²) in [6, 6.07) is 14.2. The van der Waals surface area contributed by atoms with Gasteiger partial charge in [-0.15, -0.1) is 0 Å². The Morgan fingerprint density at radius 2 is 1.06 bits per heavy atom. The van der Waals surface area contributed by atoms with E-state index in [1.54, 1.807) is 67.5 Å². The van der Waals surface area contributed by atoms with Gasteiger partial charge in [0.25, 0.3) is 0 Å². The molecule has 2 fully saturated rings. The van der Waals surface area contributed by atoms with Crippen LogP contribution >= 0.6 is 0 Å². The number of nitrogens with zero attached hydrogens (tertiary/aromatic N) is 6. The molecule has 7 rings (SSSR count). The first-order valence-electron chi connectivity index (χ1n) is 31.6. The highest BCUT2D eigenvalue weighted by Crippen LogP contribution is 2.43. The van der Waals surface area contributed by atoms with Crippen LogP contribution in [0.2, 0.25) is 0 Å². The van der Waals surface area contributed by atoms with Crippen LogP contribution in [0.3, 0.4) is 0 Å². The third-order valence-corrected chi connectivity index (χ3v) is 17.5. The number of fused-ring (bicyclic) bond motifs is 2. The van der Waals surface area contributed by atoms with Crippen LogP contribution in [-0.4, -0.2) is 146 Å². The topological polar surface area (TPSA) is 182 Å². The normalized spacial score (nSPS) is 17.1. The third kappa shape index (κ3) is 16.2. The number of carbonyl (C=O) groups excluding carboxylic acids is 7. The van der Waals surface area contributed by atoms with Crippen molar-refractivity contribution < 1.29 is 56.6 Å². The number of ketones is 1. The molecule has 486 valence electrons. The summed E-state index contributed by atoms with van der Waals surface area (Å²) in [7, 11) is 3.02. The number of nitrogens with one attached hydrogen (secondary N) is 1. The molecule has 2 aliphatic heterocycles. The van der Waals surface area contributed by atoms with E-state index in [1.165, 1.54) is 49.0 Å². The highest BCUT2D eigenvalue weighted by atomic mass is 19.1. The molecule has 2 saturated heterocycles. The van der Waals surface area contributed by atoms with Gasteiger partial charge in [-0.1, -0.05) is 72.7 Å². The predicted molar refractivity (Wildman–Crippen MR) is 343 cm³/mol. The van der Waals surface area contributed by atoms with Crippen LogP contribution in [0.15, 0.2) is 60.7 Å². The van der Waals surface area contributed by atoms with Crippen molar-refractivity contribution >= 4 is 63.5 Å². The standard InChI is InChI=1S/C70H97F2N7O10/c1-19-32-78-56-37-47(71)28-30-51(56)53(39-49-22-20-33-76(49)63(83)55(67(5,6)7)41-58(81)42(2)74(17)65(85)88-69(11,12)13)59(78)45-24-26-46(27-25-45)60-54(52-31-29-48(72)38-57(52)79(60)35-36-87-44(4)80)40-50-23-21-34-77(50)64(84)61(68(8,9)10)73-62(82)43(3)75(18)66(86)89-70(14,15)16/h24-31,37-38,42-43,49-50,55,61H,19-23,32-36,39-41H2,1-18H3,(H,73,82)/t42-,43-,49-,50-,55?,61?/m0/s1. The molecule has 1 N–H and O–H groups in total. The maximum Gasteiger partial charge on any atom is 0.410 e. The van der Waals surface area contributed by atoms with Gasteiger partial charge in [0.2, 0.25) is 17.7 Å². The van der Waals surface area contributed by atoms with Gasteiger partial charge in [0.1, 0.15) is 41.5 Å². The van der Waals surface area contributed by atoms with Crippen LogP contribution in [0.25, 0.3) is 44.3 Å². The summed E-state index contributed by atoms with van der Waals surface area (Å²) >= 11 is 0. The zero-order valence-corrected chi connectivity index (χ0v) is 56.0. The Morgan fingerprint density at radius 3 is 1.47 bits per heavy atom. The molecule has 5 aromatic rings. The largest absolute Gasteiger partial charge is 0.464 e. The van der Waals surface area contributed by atoms with Crippen molar-refractivity contribution in [3.8, 4) is 22.5 Å². The molecule has 0 bridgehead atoms. The van der Waals surface area contributed by atoms with E-state index in [9.17, 15) is 24.0 Å². The van der Waals surface area contributed by atoms with Gasteiger partial charge in [-0.25, -0.2) is 18.4 Å². The van der Waals surface area contributed by atoms with Crippen molar-refractivity contribution in [1.82, 2.24) is 34.1 Å². The number of benzene rings is 3. The van der Waals surface area contributed by atoms with Gasteiger partial charge in [0.05, 0.1) is 35.0 Å². The second-order valence-corrected chi connectivity index (χ2v) is 28.7. The van der Waals surface area contributed by atoms with E-state index in [1.807, 2.05) is 86.2 Å². The van der Waals surface area contributed by atoms with Crippen molar-refractivity contribution in [2.45, 2.75) is 217 Å². The summed E-state index contributed by atoms with van der Waals surface area (Å²) in [5.74, 6) is -3.15. The van der Waals surface area contributed by atoms with Crippen molar-refractivity contribution in [2.24, 2.45) is 16.7 Å². The number of ether oxygens (including phenoxy) is 3. The quantitative estimate of drug-likeness (QED) is 0.0581. The smallest absolute Gasteiger partial charge is 0.410 e. The lowest BCUT2D eigenvalue weighted by Crippen LogP contribution is -2.59. The molecule has 2 aliphatic rings. The molecular formula is C70H97F2N7O10. The molecule has 6 atom stereocenters. The molecular weight excluding hydrogens is 1140 g/mol. The van der Waals surface area contributed by atoms with Crippen LogP contribution < -0.4 is 5.32 Å². The first kappa shape index (κ1) is 69.2. The van der Waals surface area contributed by atoms with Crippen molar-refractivity contribution in [3.63, 3.8) is 0 Å². The van der Waals surface area contributed by atoms with Gasteiger partial charge < -0.3 is 43.4 Å². The number of hydrogen-bond acceptors (Lipinski definition) is 10.